The molecule has 0 fully saturated rings. The minimum Gasteiger partial charge on any atom is -0.490 e. The van der Waals surface area contributed by atoms with E-state index in [-0.39, 0.29) is 0 Å². The zero-order valence-corrected chi connectivity index (χ0v) is 11.7. The van der Waals surface area contributed by atoms with Gasteiger partial charge < -0.3 is 9.47 Å². The average molecular weight is 260 g/mol. The Morgan fingerprint density at radius 1 is 1.11 bits per heavy atom. The summed E-state index contributed by atoms with van der Waals surface area (Å²) in [5.74, 6) is 1.59. The van der Waals surface area contributed by atoms with Gasteiger partial charge in [0.15, 0.2) is 11.5 Å². The number of nitrogens with one attached hydrogen (secondary N) is 1. The van der Waals surface area contributed by atoms with Crippen LogP contribution in [0.4, 0.5) is 0 Å². The van der Waals surface area contributed by atoms with E-state index in [1.54, 1.807) is 0 Å². The molecule has 0 aliphatic carbocycles. The molecule has 0 amide bonds. The first-order valence-electron chi connectivity index (χ1n) is 6.57. The van der Waals surface area contributed by atoms with Gasteiger partial charge >= 0.3 is 0 Å². The van der Waals surface area contributed by atoms with Crippen molar-refractivity contribution in [1.29, 1.82) is 0 Å². The fourth-order valence-corrected chi connectivity index (χ4v) is 2.05. The molecule has 0 aliphatic heterocycles. The maximum absolute atomic E-state index is 5.81. The van der Waals surface area contributed by atoms with Gasteiger partial charge in [-0.05, 0) is 38.5 Å². The highest BCUT2D eigenvalue weighted by Crippen LogP contribution is 2.26. The topological polar surface area (TPSA) is 47.1 Å². The van der Waals surface area contributed by atoms with Crippen LogP contribution in [-0.4, -0.2) is 23.4 Å². The van der Waals surface area contributed by atoms with E-state index >= 15 is 0 Å². The lowest BCUT2D eigenvalue weighted by Crippen LogP contribution is -2.04. The SMILES string of the molecule is CCOc1ccccc1OCCc1c(C)n[nH]c1C. The summed E-state index contributed by atoms with van der Waals surface area (Å²) in [4.78, 5) is 0. The number of hydrogen-bond acceptors (Lipinski definition) is 3. The number of para-hydroxylation sites is 2. The van der Waals surface area contributed by atoms with Crippen LogP contribution in [0.3, 0.4) is 0 Å². The van der Waals surface area contributed by atoms with Crippen molar-refractivity contribution < 1.29 is 9.47 Å². The van der Waals surface area contributed by atoms with Crippen LogP contribution in [0.5, 0.6) is 11.5 Å². The molecule has 0 unspecified atom stereocenters. The van der Waals surface area contributed by atoms with E-state index in [1.807, 2.05) is 45.0 Å². The second-order valence-corrected chi connectivity index (χ2v) is 4.39. The van der Waals surface area contributed by atoms with Gasteiger partial charge in [0.1, 0.15) is 0 Å². The smallest absolute Gasteiger partial charge is 0.161 e. The fourth-order valence-electron chi connectivity index (χ4n) is 2.05. The van der Waals surface area contributed by atoms with E-state index in [1.165, 1.54) is 5.56 Å². The van der Waals surface area contributed by atoms with E-state index in [0.29, 0.717) is 13.2 Å². The fraction of sp³-hybridized carbons (Fsp3) is 0.400. The van der Waals surface area contributed by atoms with Crippen molar-refractivity contribution in [1.82, 2.24) is 10.2 Å². The highest BCUT2D eigenvalue weighted by Gasteiger charge is 2.07. The van der Waals surface area contributed by atoms with Crippen molar-refractivity contribution in [2.24, 2.45) is 0 Å². The summed E-state index contributed by atoms with van der Waals surface area (Å²) in [7, 11) is 0. The summed E-state index contributed by atoms with van der Waals surface area (Å²) in [6, 6.07) is 7.75. The van der Waals surface area contributed by atoms with E-state index in [2.05, 4.69) is 10.2 Å². The molecule has 0 saturated heterocycles. The summed E-state index contributed by atoms with van der Waals surface area (Å²) >= 11 is 0. The lowest BCUT2D eigenvalue weighted by Gasteiger charge is -2.11. The molecule has 102 valence electrons. The number of H-pyrrole nitrogens is 1. The number of rotatable bonds is 6. The van der Waals surface area contributed by atoms with Gasteiger partial charge in [-0.2, -0.15) is 5.10 Å². The van der Waals surface area contributed by atoms with Gasteiger partial charge in [-0.3, -0.25) is 5.10 Å². The van der Waals surface area contributed by atoms with Gasteiger partial charge in [0.25, 0.3) is 0 Å². The van der Waals surface area contributed by atoms with E-state index in [0.717, 1.165) is 29.3 Å². The summed E-state index contributed by atoms with van der Waals surface area (Å²) in [5, 5.41) is 7.17. The Balaban J connectivity index is 1.96. The molecular weight excluding hydrogens is 240 g/mol. The predicted octanol–water partition coefficient (Wildman–Crippen LogP) is 3.05. The van der Waals surface area contributed by atoms with Gasteiger partial charge in [0, 0.05) is 12.1 Å². The van der Waals surface area contributed by atoms with Crippen molar-refractivity contribution in [3.05, 3.63) is 41.2 Å². The number of hydrogen-bond donors (Lipinski definition) is 1. The summed E-state index contributed by atoms with van der Waals surface area (Å²) in [6.45, 7) is 7.26. The molecule has 0 bridgehead atoms. The second-order valence-electron chi connectivity index (χ2n) is 4.39. The molecule has 2 aromatic rings. The third kappa shape index (κ3) is 3.28. The van der Waals surface area contributed by atoms with Gasteiger partial charge in [-0.25, -0.2) is 0 Å². The zero-order valence-electron chi connectivity index (χ0n) is 11.7. The van der Waals surface area contributed by atoms with Crippen molar-refractivity contribution in [3.8, 4) is 11.5 Å². The van der Waals surface area contributed by atoms with Gasteiger partial charge in [0.05, 0.1) is 18.9 Å². The van der Waals surface area contributed by atoms with Crippen molar-refractivity contribution >= 4 is 0 Å². The monoisotopic (exact) mass is 260 g/mol. The Labute approximate surface area is 113 Å². The predicted molar refractivity (Wildman–Crippen MR) is 74.9 cm³/mol. The third-order valence-corrected chi connectivity index (χ3v) is 3.04. The Hall–Kier alpha value is -1.97. The normalized spacial score (nSPS) is 10.5. The molecule has 0 spiro atoms. The Morgan fingerprint density at radius 2 is 1.79 bits per heavy atom. The average Bonchev–Trinajstić information content (AvgIpc) is 2.72. The first kappa shape index (κ1) is 13.5. The molecule has 0 radical (unpaired) electrons. The van der Waals surface area contributed by atoms with Crippen LogP contribution in [0, 0.1) is 13.8 Å². The number of aromatic amines is 1. The molecule has 1 aromatic heterocycles. The molecule has 19 heavy (non-hydrogen) atoms. The van der Waals surface area contributed by atoms with E-state index in [4.69, 9.17) is 9.47 Å². The van der Waals surface area contributed by atoms with Crippen molar-refractivity contribution in [2.75, 3.05) is 13.2 Å². The van der Waals surface area contributed by atoms with Crippen LogP contribution in [0.25, 0.3) is 0 Å². The van der Waals surface area contributed by atoms with Crippen LogP contribution in [-0.2, 0) is 6.42 Å². The molecule has 0 atom stereocenters. The summed E-state index contributed by atoms with van der Waals surface area (Å²) in [6.07, 6.45) is 0.842. The quantitative estimate of drug-likeness (QED) is 0.868. The Morgan fingerprint density at radius 3 is 2.37 bits per heavy atom. The van der Waals surface area contributed by atoms with Crippen LogP contribution >= 0.6 is 0 Å². The maximum Gasteiger partial charge on any atom is 0.161 e. The first-order chi connectivity index (χ1) is 9.22. The largest absolute Gasteiger partial charge is 0.490 e. The van der Waals surface area contributed by atoms with E-state index in [9.17, 15) is 0 Å². The number of aryl methyl sites for hydroxylation is 2. The summed E-state index contributed by atoms with van der Waals surface area (Å²) < 4.78 is 11.3. The molecule has 1 aromatic carbocycles. The lowest BCUT2D eigenvalue weighted by molar-refractivity contribution is 0.279. The molecule has 4 nitrogen and oxygen atoms in total. The molecule has 0 saturated carbocycles. The number of aromatic nitrogens is 2. The van der Waals surface area contributed by atoms with Gasteiger partial charge in [-0.15, -0.1) is 0 Å². The number of ether oxygens (including phenoxy) is 2. The lowest BCUT2D eigenvalue weighted by atomic mass is 10.1. The molecule has 4 heteroatoms. The standard InChI is InChI=1S/C15H20N2O2/c1-4-18-14-7-5-6-8-15(14)19-10-9-13-11(2)16-17-12(13)3/h5-8H,4,9-10H2,1-3H3,(H,16,17). The van der Waals surface area contributed by atoms with Crippen LogP contribution < -0.4 is 9.47 Å². The molecule has 1 heterocycles. The van der Waals surface area contributed by atoms with Crippen LogP contribution in [0.2, 0.25) is 0 Å². The second kappa shape index (κ2) is 6.27. The van der Waals surface area contributed by atoms with Crippen LogP contribution in [0.15, 0.2) is 24.3 Å². The number of benzene rings is 1. The minimum absolute atomic E-state index is 0.616. The van der Waals surface area contributed by atoms with E-state index < -0.39 is 0 Å². The Bertz CT molecular complexity index is 515. The third-order valence-electron chi connectivity index (χ3n) is 3.04. The zero-order chi connectivity index (χ0) is 13.7. The van der Waals surface area contributed by atoms with Gasteiger partial charge in [0.2, 0.25) is 0 Å². The maximum atomic E-state index is 5.81. The highest BCUT2D eigenvalue weighted by atomic mass is 16.5. The van der Waals surface area contributed by atoms with Crippen LogP contribution in [0.1, 0.15) is 23.9 Å². The van der Waals surface area contributed by atoms with Gasteiger partial charge in [-0.1, -0.05) is 12.1 Å². The molecule has 0 aliphatic rings. The summed E-state index contributed by atoms with van der Waals surface area (Å²) in [5.41, 5.74) is 3.38. The number of nitrogens with zero attached hydrogens (tertiary/aromatic N) is 1. The highest BCUT2D eigenvalue weighted by molar-refractivity contribution is 5.39. The molecule has 1 N–H and O–H groups in total. The Kier molecular flexibility index (Phi) is 4.44. The van der Waals surface area contributed by atoms with Crippen molar-refractivity contribution in [2.45, 2.75) is 27.2 Å². The first-order valence-corrected chi connectivity index (χ1v) is 6.57. The minimum atomic E-state index is 0.616. The van der Waals surface area contributed by atoms with Crippen molar-refractivity contribution in [3.63, 3.8) is 0 Å². The molecular formula is C15H20N2O2. The molecule has 2 rings (SSSR count).